The monoisotopic (exact) mass is 250 g/mol. The number of nitrogens with two attached hydrogens (primary N) is 1. The van der Waals surface area contributed by atoms with Crippen LogP contribution in [-0.2, 0) is 6.61 Å². The van der Waals surface area contributed by atoms with Gasteiger partial charge < -0.3 is 10.5 Å². The summed E-state index contributed by atoms with van der Waals surface area (Å²) in [6.07, 6.45) is 1.68. The van der Waals surface area contributed by atoms with Crippen molar-refractivity contribution in [1.29, 1.82) is 0 Å². The van der Waals surface area contributed by atoms with Crippen LogP contribution in [0.15, 0.2) is 36.5 Å². The standard InChI is InChI=1S/C11H10N2OS2/c12-11(15)9-6-13-10(16-9)7-14-8-4-2-1-3-5-8/h1-6H,7H2,(H2,12,15). The van der Waals surface area contributed by atoms with Crippen molar-refractivity contribution in [1.82, 2.24) is 4.98 Å². The molecule has 3 nitrogen and oxygen atoms in total. The summed E-state index contributed by atoms with van der Waals surface area (Å²) < 4.78 is 5.55. The van der Waals surface area contributed by atoms with Crippen molar-refractivity contribution in [2.24, 2.45) is 5.73 Å². The Kier molecular flexibility index (Phi) is 3.48. The maximum atomic E-state index is 5.55. The first-order valence-corrected chi connectivity index (χ1v) is 5.90. The van der Waals surface area contributed by atoms with Gasteiger partial charge in [-0.1, -0.05) is 30.4 Å². The molecule has 1 heterocycles. The third kappa shape index (κ3) is 2.77. The van der Waals surface area contributed by atoms with Crippen LogP contribution in [0.4, 0.5) is 0 Å². The minimum absolute atomic E-state index is 0.378. The Bertz CT molecular complexity index is 482. The number of benzene rings is 1. The third-order valence-corrected chi connectivity index (χ3v) is 3.26. The molecule has 2 N–H and O–H groups in total. The highest BCUT2D eigenvalue weighted by molar-refractivity contribution is 7.81. The maximum absolute atomic E-state index is 5.55. The van der Waals surface area contributed by atoms with E-state index in [0.29, 0.717) is 11.6 Å². The van der Waals surface area contributed by atoms with E-state index in [4.69, 9.17) is 22.7 Å². The fourth-order valence-electron chi connectivity index (χ4n) is 1.15. The van der Waals surface area contributed by atoms with Crippen molar-refractivity contribution in [3.05, 3.63) is 46.4 Å². The summed E-state index contributed by atoms with van der Waals surface area (Å²) in [7, 11) is 0. The second-order valence-electron chi connectivity index (χ2n) is 3.08. The first-order chi connectivity index (χ1) is 7.75. The van der Waals surface area contributed by atoms with Gasteiger partial charge in [0.15, 0.2) is 0 Å². The van der Waals surface area contributed by atoms with Crippen molar-refractivity contribution in [3.8, 4) is 5.75 Å². The van der Waals surface area contributed by atoms with E-state index >= 15 is 0 Å². The summed E-state index contributed by atoms with van der Waals surface area (Å²) in [4.78, 5) is 5.38. The molecule has 0 fully saturated rings. The zero-order valence-corrected chi connectivity index (χ0v) is 10.1. The van der Waals surface area contributed by atoms with E-state index in [1.54, 1.807) is 6.20 Å². The fourth-order valence-corrected chi connectivity index (χ4v) is 2.01. The molecular weight excluding hydrogens is 240 g/mol. The van der Waals surface area contributed by atoms with Gasteiger partial charge >= 0.3 is 0 Å². The number of rotatable bonds is 4. The van der Waals surface area contributed by atoms with Crippen LogP contribution in [0.3, 0.4) is 0 Å². The summed E-state index contributed by atoms with van der Waals surface area (Å²) in [5.74, 6) is 0.828. The Balaban J connectivity index is 1.97. The van der Waals surface area contributed by atoms with Gasteiger partial charge in [-0.2, -0.15) is 0 Å². The van der Waals surface area contributed by atoms with Crippen LogP contribution in [0.1, 0.15) is 9.88 Å². The Morgan fingerprint density at radius 2 is 2.12 bits per heavy atom. The lowest BCUT2D eigenvalue weighted by molar-refractivity contribution is 0.305. The van der Waals surface area contributed by atoms with Crippen LogP contribution < -0.4 is 10.5 Å². The molecule has 16 heavy (non-hydrogen) atoms. The molecule has 0 saturated heterocycles. The number of nitrogens with zero attached hydrogens (tertiary/aromatic N) is 1. The molecule has 2 aromatic rings. The van der Waals surface area contributed by atoms with E-state index in [1.165, 1.54) is 11.3 Å². The molecular formula is C11H10N2OS2. The predicted octanol–water partition coefficient (Wildman–Crippen LogP) is 2.36. The summed E-state index contributed by atoms with van der Waals surface area (Å²) in [6, 6.07) is 9.61. The van der Waals surface area contributed by atoms with E-state index < -0.39 is 0 Å². The van der Waals surface area contributed by atoms with Crippen LogP contribution in [0.5, 0.6) is 5.75 Å². The summed E-state index contributed by atoms with van der Waals surface area (Å²) in [5.41, 5.74) is 5.50. The number of hydrogen-bond donors (Lipinski definition) is 1. The summed E-state index contributed by atoms with van der Waals surface area (Å²) in [5, 5.41) is 0.867. The molecule has 0 spiro atoms. The molecule has 0 amide bonds. The molecule has 2 rings (SSSR count). The average Bonchev–Trinajstić information content (AvgIpc) is 2.76. The Morgan fingerprint density at radius 3 is 2.75 bits per heavy atom. The van der Waals surface area contributed by atoms with Gasteiger partial charge in [-0.15, -0.1) is 11.3 Å². The van der Waals surface area contributed by atoms with Crippen LogP contribution >= 0.6 is 23.6 Å². The van der Waals surface area contributed by atoms with Gasteiger partial charge in [-0.05, 0) is 12.1 Å². The smallest absolute Gasteiger partial charge is 0.140 e. The number of aromatic nitrogens is 1. The first-order valence-electron chi connectivity index (χ1n) is 4.68. The topological polar surface area (TPSA) is 48.1 Å². The van der Waals surface area contributed by atoms with Crippen molar-refractivity contribution in [2.75, 3.05) is 0 Å². The third-order valence-electron chi connectivity index (χ3n) is 1.90. The molecule has 0 aliphatic rings. The Morgan fingerprint density at radius 1 is 1.38 bits per heavy atom. The van der Waals surface area contributed by atoms with E-state index in [9.17, 15) is 0 Å². The Labute approximate surface area is 103 Å². The van der Waals surface area contributed by atoms with Crippen molar-refractivity contribution in [3.63, 3.8) is 0 Å². The second-order valence-corrected chi connectivity index (χ2v) is 4.64. The van der Waals surface area contributed by atoms with E-state index in [-0.39, 0.29) is 0 Å². The molecule has 0 radical (unpaired) electrons. The summed E-state index contributed by atoms with van der Waals surface area (Å²) >= 11 is 6.32. The molecule has 1 aromatic heterocycles. The van der Waals surface area contributed by atoms with E-state index in [0.717, 1.165) is 15.6 Å². The van der Waals surface area contributed by atoms with Gasteiger partial charge in [-0.3, -0.25) is 0 Å². The van der Waals surface area contributed by atoms with Gasteiger partial charge in [0.2, 0.25) is 0 Å². The lowest BCUT2D eigenvalue weighted by Gasteiger charge is -2.02. The SMILES string of the molecule is NC(=S)c1cnc(COc2ccccc2)s1. The molecule has 0 aliphatic carbocycles. The summed E-state index contributed by atoms with van der Waals surface area (Å²) in [6.45, 7) is 0.442. The first kappa shape index (κ1) is 11.0. The van der Waals surface area contributed by atoms with Gasteiger partial charge in [0, 0.05) is 6.20 Å². The van der Waals surface area contributed by atoms with Gasteiger partial charge in [-0.25, -0.2) is 4.98 Å². The van der Waals surface area contributed by atoms with Crippen LogP contribution in [0.25, 0.3) is 0 Å². The number of thiocarbonyl (C=S) groups is 1. The van der Waals surface area contributed by atoms with Gasteiger partial charge in [0.05, 0.1) is 4.88 Å². The zero-order valence-electron chi connectivity index (χ0n) is 8.42. The Hall–Kier alpha value is -1.46. The molecule has 0 bridgehead atoms. The number of hydrogen-bond acceptors (Lipinski definition) is 4. The number of para-hydroxylation sites is 1. The minimum Gasteiger partial charge on any atom is -0.486 e. The van der Waals surface area contributed by atoms with E-state index in [2.05, 4.69) is 4.98 Å². The average molecular weight is 250 g/mol. The highest BCUT2D eigenvalue weighted by atomic mass is 32.1. The number of thiazole rings is 1. The fraction of sp³-hybridized carbons (Fsp3) is 0.0909. The molecule has 0 unspecified atom stereocenters. The molecule has 0 saturated carbocycles. The largest absolute Gasteiger partial charge is 0.486 e. The lowest BCUT2D eigenvalue weighted by atomic mass is 10.3. The van der Waals surface area contributed by atoms with Gasteiger partial charge in [0.25, 0.3) is 0 Å². The zero-order chi connectivity index (χ0) is 11.4. The quantitative estimate of drug-likeness (QED) is 0.846. The van der Waals surface area contributed by atoms with E-state index in [1.807, 2.05) is 30.3 Å². The molecule has 1 aromatic carbocycles. The predicted molar refractivity (Wildman–Crippen MR) is 68.8 cm³/mol. The molecule has 0 aliphatic heterocycles. The normalized spacial score (nSPS) is 10.0. The highest BCUT2D eigenvalue weighted by Crippen LogP contribution is 2.16. The lowest BCUT2D eigenvalue weighted by Crippen LogP contribution is -2.06. The maximum Gasteiger partial charge on any atom is 0.140 e. The van der Waals surface area contributed by atoms with Crippen molar-refractivity contribution >= 4 is 28.5 Å². The van der Waals surface area contributed by atoms with Crippen LogP contribution in [-0.4, -0.2) is 9.97 Å². The molecule has 0 atom stereocenters. The van der Waals surface area contributed by atoms with Crippen LogP contribution in [0.2, 0.25) is 0 Å². The molecule has 5 heteroatoms. The second kappa shape index (κ2) is 5.05. The van der Waals surface area contributed by atoms with Crippen molar-refractivity contribution < 1.29 is 4.74 Å². The van der Waals surface area contributed by atoms with Gasteiger partial charge in [0.1, 0.15) is 22.4 Å². The highest BCUT2D eigenvalue weighted by Gasteiger charge is 2.04. The van der Waals surface area contributed by atoms with Crippen LogP contribution in [0, 0.1) is 0 Å². The molecule has 82 valence electrons. The minimum atomic E-state index is 0.378. The number of ether oxygens (including phenoxy) is 1. The van der Waals surface area contributed by atoms with Crippen molar-refractivity contribution in [2.45, 2.75) is 6.61 Å².